The number of piperazine rings is 1. The number of carbonyl (C=O) groups is 1. The fourth-order valence-corrected chi connectivity index (χ4v) is 3.59. The van der Waals surface area contributed by atoms with Gasteiger partial charge in [-0.15, -0.1) is 11.3 Å². The maximum atomic E-state index is 12.3. The monoisotopic (exact) mass is 335 g/mol. The number of nitrogens with one attached hydrogen (secondary N) is 1. The molecule has 0 spiro atoms. The average Bonchev–Trinajstić information content (AvgIpc) is 3.05. The molecule has 23 heavy (non-hydrogen) atoms. The van der Waals surface area contributed by atoms with Crippen molar-refractivity contribution in [2.24, 2.45) is 0 Å². The highest BCUT2D eigenvalue weighted by molar-refractivity contribution is 7.10. The zero-order valence-corrected chi connectivity index (χ0v) is 15.6. The SMILES string of the molecule is CCN1CCN(C(C)(C)CNC(=O)/C(C)=C/c2cccs2)CC1. The number of hydrogen-bond donors (Lipinski definition) is 1. The van der Waals surface area contributed by atoms with E-state index < -0.39 is 0 Å². The third kappa shape index (κ3) is 5.16. The number of nitrogens with zero attached hydrogens (tertiary/aromatic N) is 2. The van der Waals surface area contributed by atoms with Crippen LogP contribution in [-0.2, 0) is 4.79 Å². The summed E-state index contributed by atoms with van der Waals surface area (Å²) < 4.78 is 0. The summed E-state index contributed by atoms with van der Waals surface area (Å²) in [6, 6.07) is 4.03. The topological polar surface area (TPSA) is 35.6 Å². The van der Waals surface area contributed by atoms with E-state index in [1.165, 1.54) is 0 Å². The van der Waals surface area contributed by atoms with Gasteiger partial charge in [0, 0.05) is 48.7 Å². The van der Waals surface area contributed by atoms with Gasteiger partial charge >= 0.3 is 0 Å². The van der Waals surface area contributed by atoms with Gasteiger partial charge in [0.2, 0.25) is 5.91 Å². The molecule has 4 nitrogen and oxygen atoms in total. The van der Waals surface area contributed by atoms with Gasteiger partial charge in [0.1, 0.15) is 0 Å². The van der Waals surface area contributed by atoms with Crippen molar-refractivity contribution < 1.29 is 4.79 Å². The molecule has 2 heterocycles. The fraction of sp³-hybridized carbons (Fsp3) is 0.611. The zero-order chi connectivity index (χ0) is 16.9. The molecule has 0 aromatic carbocycles. The Morgan fingerprint density at radius 1 is 1.35 bits per heavy atom. The van der Waals surface area contributed by atoms with Crippen molar-refractivity contribution >= 4 is 23.3 Å². The standard InChI is InChI=1S/C18H29N3OS/c1-5-20-8-10-21(11-9-20)18(3,4)14-19-17(22)15(2)13-16-7-6-12-23-16/h6-7,12-13H,5,8-11,14H2,1-4H3,(H,19,22)/b15-13+. The van der Waals surface area contributed by atoms with Crippen molar-refractivity contribution in [3.63, 3.8) is 0 Å². The summed E-state index contributed by atoms with van der Waals surface area (Å²) in [5.74, 6) is 0.0265. The number of likely N-dealkylation sites (N-methyl/N-ethyl adjacent to an activating group) is 1. The molecular formula is C18H29N3OS. The van der Waals surface area contributed by atoms with Crippen molar-refractivity contribution in [1.29, 1.82) is 0 Å². The molecular weight excluding hydrogens is 306 g/mol. The van der Waals surface area contributed by atoms with E-state index in [9.17, 15) is 4.79 Å². The quantitative estimate of drug-likeness (QED) is 0.812. The molecule has 1 aromatic heterocycles. The van der Waals surface area contributed by atoms with Crippen LogP contribution >= 0.6 is 11.3 Å². The van der Waals surface area contributed by atoms with E-state index >= 15 is 0 Å². The molecule has 1 aliphatic heterocycles. The number of hydrogen-bond acceptors (Lipinski definition) is 4. The Balaban J connectivity index is 1.85. The van der Waals surface area contributed by atoms with Crippen LogP contribution in [0.1, 0.15) is 32.6 Å². The first-order valence-electron chi connectivity index (χ1n) is 8.40. The molecule has 1 amide bonds. The van der Waals surface area contributed by atoms with Crippen molar-refractivity contribution in [3.05, 3.63) is 28.0 Å². The van der Waals surface area contributed by atoms with Crippen LogP contribution in [0.2, 0.25) is 0 Å². The summed E-state index contributed by atoms with van der Waals surface area (Å²) in [7, 11) is 0. The van der Waals surface area contributed by atoms with Crippen LogP contribution < -0.4 is 5.32 Å². The normalized spacial score (nSPS) is 18.2. The van der Waals surface area contributed by atoms with E-state index in [2.05, 4.69) is 35.9 Å². The maximum absolute atomic E-state index is 12.3. The molecule has 0 radical (unpaired) electrons. The van der Waals surface area contributed by atoms with E-state index in [0.717, 1.165) is 43.2 Å². The minimum absolute atomic E-state index is 0.0152. The molecule has 5 heteroatoms. The highest BCUT2D eigenvalue weighted by atomic mass is 32.1. The zero-order valence-electron chi connectivity index (χ0n) is 14.8. The fourth-order valence-electron chi connectivity index (χ4n) is 2.87. The highest BCUT2D eigenvalue weighted by Gasteiger charge is 2.29. The van der Waals surface area contributed by atoms with Crippen LogP contribution in [0.5, 0.6) is 0 Å². The van der Waals surface area contributed by atoms with Gasteiger partial charge in [0.05, 0.1) is 0 Å². The van der Waals surface area contributed by atoms with Gasteiger partial charge in [-0.25, -0.2) is 0 Å². The van der Waals surface area contributed by atoms with E-state index in [4.69, 9.17) is 0 Å². The number of thiophene rings is 1. The second-order valence-electron chi connectivity index (χ2n) is 6.76. The van der Waals surface area contributed by atoms with Crippen molar-refractivity contribution in [2.45, 2.75) is 33.2 Å². The predicted molar refractivity (Wildman–Crippen MR) is 98.7 cm³/mol. The molecule has 2 rings (SSSR count). The van der Waals surface area contributed by atoms with Crippen LogP contribution in [0.3, 0.4) is 0 Å². The minimum Gasteiger partial charge on any atom is -0.350 e. The third-order valence-electron chi connectivity index (χ3n) is 4.62. The average molecular weight is 336 g/mol. The third-order valence-corrected chi connectivity index (χ3v) is 5.44. The van der Waals surface area contributed by atoms with Gasteiger partial charge in [0.25, 0.3) is 0 Å². The predicted octanol–water partition coefficient (Wildman–Crippen LogP) is 2.68. The van der Waals surface area contributed by atoms with Gasteiger partial charge in [-0.3, -0.25) is 9.69 Å². The molecule has 1 aliphatic rings. The first kappa shape index (κ1) is 18.2. The molecule has 0 saturated carbocycles. The van der Waals surface area contributed by atoms with Crippen molar-refractivity contribution in [3.8, 4) is 0 Å². The molecule has 0 unspecified atom stereocenters. The number of carbonyl (C=O) groups excluding carboxylic acids is 1. The Morgan fingerprint density at radius 2 is 2.04 bits per heavy atom. The van der Waals surface area contributed by atoms with E-state index in [-0.39, 0.29) is 11.4 Å². The van der Waals surface area contributed by atoms with Gasteiger partial charge in [0.15, 0.2) is 0 Å². The smallest absolute Gasteiger partial charge is 0.247 e. The summed E-state index contributed by atoms with van der Waals surface area (Å²) in [4.78, 5) is 18.4. The summed E-state index contributed by atoms with van der Waals surface area (Å²) in [6.07, 6.45) is 1.95. The largest absolute Gasteiger partial charge is 0.350 e. The molecule has 1 fully saturated rings. The van der Waals surface area contributed by atoms with E-state index in [1.54, 1.807) is 11.3 Å². The van der Waals surface area contributed by atoms with Gasteiger partial charge in [-0.1, -0.05) is 13.0 Å². The molecule has 0 bridgehead atoms. The lowest BCUT2D eigenvalue weighted by atomic mass is 10.0. The van der Waals surface area contributed by atoms with Crippen LogP contribution in [-0.4, -0.2) is 60.5 Å². The molecule has 1 saturated heterocycles. The number of amides is 1. The lowest BCUT2D eigenvalue weighted by molar-refractivity contribution is -0.118. The molecule has 0 aliphatic carbocycles. The van der Waals surface area contributed by atoms with Crippen LogP contribution in [0.15, 0.2) is 23.1 Å². The summed E-state index contributed by atoms with van der Waals surface area (Å²) in [6.45, 7) is 14.7. The Bertz CT molecular complexity index is 528. The summed E-state index contributed by atoms with van der Waals surface area (Å²) in [5.41, 5.74) is 0.748. The Labute approximate surface area is 144 Å². The van der Waals surface area contributed by atoms with Crippen LogP contribution in [0, 0.1) is 0 Å². The summed E-state index contributed by atoms with van der Waals surface area (Å²) >= 11 is 1.65. The first-order valence-corrected chi connectivity index (χ1v) is 9.28. The Morgan fingerprint density at radius 3 is 2.61 bits per heavy atom. The lowest BCUT2D eigenvalue weighted by Gasteiger charge is -2.44. The Hall–Kier alpha value is -1.17. The highest BCUT2D eigenvalue weighted by Crippen LogP contribution is 2.17. The number of rotatable bonds is 6. The molecule has 1 N–H and O–H groups in total. The van der Waals surface area contributed by atoms with Crippen LogP contribution in [0.4, 0.5) is 0 Å². The Kier molecular flexibility index (Phi) is 6.39. The molecule has 0 atom stereocenters. The first-order chi connectivity index (χ1) is 10.9. The van der Waals surface area contributed by atoms with Gasteiger partial charge in [-0.05, 0) is 44.8 Å². The molecule has 128 valence electrons. The van der Waals surface area contributed by atoms with E-state index in [0.29, 0.717) is 6.54 Å². The van der Waals surface area contributed by atoms with Gasteiger partial charge < -0.3 is 10.2 Å². The van der Waals surface area contributed by atoms with Crippen LogP contribution in [0.25, 0.3) is 6.08 Å². The second kappa shape index (κ2) is 8.08. The van der Waals surface area contributed by atoms with E-state index in [1.807, 2.05) is 30.5 Å². The van der Waals surface area contributed by atoms with Crippen molar-refractivity contribution in [2.75, 3.05) is 39.3 Å². The van der Waals surface area contributed by atoms with Gasteiger partial charge in [-0.2, -0.15) is 0 Å². The van der Waals surface area contributed by atoms with Crippen molar-refractivity contribution in [1.82, 2.24) is 15.1 Å². The second-order valence-corrected chi connectivity index (χ2v) is 7.74. The minimum atomic E-state index is -0.0152. The summed E-state index contributed by atoms with van der Waals surface area (Å²) in [5, 5.41) is 5.12. The maximum Gasteiger partial charge on any atom is 0.247 e. The molecule has 1 aromatic rings. The lowest BCUT2D eigenvalue weighted by Crippen LogP contribution is -2.58.